The van der Waals surface area contributed by atoms with Crippen molar-refractivity contribution in [2.24, 2.45) is 5.73 Å². The number of ether oxygens (including phenoxy) is 1. The first-order valence-corrected chi connectivity index (χ1v) is 12.8. The number of hydrogen-bond acceptors (Lipinski definition) is 6. The van der Waals surface area contributed by atoms with Crippen molar-refractivity contribution in [3.63, 3.8) is 0 Å². The number of nitrogens with two attached hydrogens (primary N) is 1. The molecule has 0 bridgehead atoms. The maximum absolute atomic E-state index is 13.6. The van der Waals surface area contributed by atoms with Crippen LogP contribution in [0.4, 0.5) is 14.5 Å². The second-order valence-corrected chi connectivity index (χ2v) is 9.99. The summed E-state index contributed by atoms with van der Waals surface area (Å²) in [5.41, 5.74) is 6.21. The summed E-state index contributed by atoms with van der Waals surface area (Å²) < 4.78 is 39.5. The summed E-state index contributed by atoms with van der Waals surface area (Å²) in [5.74, 6) is -0.497. The molecule has 3 aromatic heterocycles. The minimum absolute atomic E-state index is 0.0187. The third kappa shape index (κ3) is 5.29. The summed E-state index contributed by atoms with van der Waals surface area (Å²) in [7, 11) is 0. The molecule has 5 aromatic rings. The molecule has 0 aliphatic heterocycles. The normalized spacial score (nSPS) is 11.2. The molecule has 38 heavy (non-hydrogen) atoms. The Kier molecular flexibility index (Phi) is 7.21. The number of amides is 2. The van der Waals surface area contributed by atoms with Crippen molar-refractivity contribution in [1.29, 1.82) is 0 Å². The lowest BCUT2D eigenvalue weighted by atomic mass is 10.0. The van der Waals surface area contributed by atoms with Crippen molar-refractivity contribution in [3.05, 3.63) is 99.4 Å². The molecular weight excluding hydrogens is 580 g/mol. The minimum Gasteiger partial charge on any atom is -0.486 e. The maximum Gasteiger partial charge on any atom is 0.291 e. The van der Waals surface area contributed by atoms with Gasteiger partial charge in [0.1, 0.15) is 33.5 Å². The highest BCUT2D eigenvalue weighted by Gasteiger charge is 2.26. The largest absolute Gasteiger partial charge is 0.486 e. The van der Waals surface area contributed by atoms with Crippen LogP contribution in [0.3, 0.4) is 0 Å². The number of nitrogens with one attached hydrogen (secondary N) is 1. The standard InChI is InChI=1S/C27H18BrF2N3O4S/c28-15-6-8-16(9-7-15)36-13-17-10-11-20(37-17)26(35)33-22-21-18(14-4-2-1-3-5-14)12-19(24(29)30)32-27(21)38-23(22)25(31)34/h1-12,24H,13H2,(H2,31,34)(H,33,35). The number of thiophene rings is 1. The molecule has 0 unspecified atom stereocenters. The summed E-state index contributed by atoms with van der Waals surface area (Å²) >= 11 is 4.19. The summed E-state index contributed by atoms with van der Waals surface area (Å²) in [6.07, 6.45) is -2.83. The first kappa shape index (κ1) is 25.6. The molecule has 3 N–H and O–H groups in total. The van der Waals surface area contributed by atoms with Crippen molar-refractivity contribution < 1.29 is 27.5 Å². The van der Waals surface area contributed by atoms with Crippen LogP contribution in [-0.4, -0.2) is 16.8 Å². The lowest BCUT2D eigenvalue weighted by molar-refractivity contribution is 0.0992. The zero-order valence-corrected chi connectivity index (χ0v) is 21.8. The van der Waals surface area contributed by atoms with E-state index in [0.29, 0.717) is 28.0 Å². The molecule has 0 fully saturated rings. The van der Waals surface area contributed by atoms with Crippen LogP contribution in [0.2, 0.25) is 0 Å². The fraction of sp³-hybridized carbons (Fsp3) is 0.0741. The Hall–Kier alpha value is -4.09. The second-order valence-electron chi connectivity index (χ2n) is 8.07. The van der Waals surface area contributed by atoms with E-state index in [0.717, 1.165) is 15.8 Å². The molecule has 0 saturated carbocycles. The van der Waals surface area contributed by atoms with Gasteiger partial charge in [-0.3, -0.25) is 9.59 Å². The minimum atomic E-state index is -2.83. The molecule has 192 valence electrons. The van der Waals surface area contributed by atoms with Gasteiger partial charge in [0.05, 0.1) is 5.69 Å². The van der Waals surface area contributed by atoms with E-state index in [1.165, 1.54) is 12.1 Å². The number of furan rings is 1. The van der Waals surface area contributed by atoms with Gasteiger partial charge in [-0.1, -0.05) is 46.3 Å². The number of benzene rings is 2. The van der Waals surface area contributed by atoms with Crippen LogP contribution < -0.4 is 15.8 Å². The molecule has 0 saturated heterocycles. The predicted octanol–water partition coefficient (Wildman–Crippen LogP) is 7.19. The number of hydrogen-bond donors (Lipinski definition) is 2. The number of carbonyl (C=O) groups excluding carboxylic acids is 2. The number of anilines is 1. The average Bonchev–Trinajstić information content (AvgIpc) is 3.53. The topological polar surface area (TPSA) is 107 Å². The number of alkyl halides is 2. The molecule has 0 aliphatic rings. The molecule has 2 aromatic carbocycles. The zero-order chi connectivity index (χ0) is 26.8. The Morgan fingerprint density at radius 2 is 1.82 bits per heavy atom. The van der Waals surface area contributed by atoms with Gasteiger partial charge < -0.3 is 20.2 Å². The van der Waals surface area contributed by atoms with Crippen molar-refractivity contribution in [3.8, 4) is 16.9 Å². The van der Waals surface area contributed by atoms with Crippen LogP contribution in [0.25, 0.3) is 21.3 Å². The molecule has 5 rings (SSSR count). The first-order valence-electron chi connectivity index (χ1n) is 11.2. The van der Waals surface area contributed by atoms with Crippen LogP contribution in [0.1, 0.15) is 38.1 Å². The molecule has 0 radical (unpaired) electrons. The monoisotopic (exact) mass is 597 g/mol. The lowest BCUT2D eigenvalue weighted by Gasteiger charge is -2.10. The SMILES string of the molecule is NC(=O)c1sc2nc(C(F)F)cc(-c3ccccc3)c2c1NC(=O)c1ccc(COc2ccc(Br)cc2)o1. The van der Waals surface area contributed by atoms with Crippen LogP contribution in [0, 0.1) is 0 Å². The third-order valence-electron chi connectivity index (χ3n) is 5.53. The van der Waals surface area contributed by atoms with E-state index < -0.39 is 23.9 Å². The molecule has 3 heterocycles. The van der Waals surface area contributed by atoms with Crippen LogP contribution in [0.15, 0.2) is 81.7 Å². The predicted molar refractivity (Wildman–Crippen MR) is 144 cm³/mol. The highest BCUT2D eigenvalue weighted by atomic mass is 79.9. The van der Waals surface area contributed by atoms with E-state index in [1.54, 1.807) is 48.5 Å². The number of rotatable bonds is 8. The number of nitrogens with zero attached hydrogens (tertiary/aromatic N) is 1. The van der Waals surface area contributed by atoms with Crippen molar-refractivity contribution >= 4 is 55.0 Å². The van der Waals surface area contributed by atoms with Gasteiger partial charge in [0.15, 0.2) is 5.76 Å². The summed E-state index contributed by atoms with van der Waals surface area (Å²) in [5, 5.41) is 3.02. The molecule has 7 nitrogen and oxygen atoms in total. The van der Waals surface area contributed by atoms with E-state index in [4.69, 9.17) is 14.9 Å². The number of fused-ring (bicyclic) bond motifs is 1. The number of pyridine rings is 1. The fourth-order valence-corrected chi connectivity index (χ4v) is 5.08. The van der Waals surface area contributed by atoms with Gasteiger partial charge in [-0.05, 0) is 53.6 Å². The molecule has 0 atom stereocenters. The number of carbonyl (C=O) groups is 2. The first-order chi connectivity index (χ1) is 18.3. The Morgan fingerprint density at radius 3 is 2.50 bits per heavy atom. The lowest BCUT2D eigenvalue weighted by Crippen LogP contribution is -2.16. The van der Waals surface area contributed by atoms with Crippen LogP contribution in [0.5, 0.6) is 5.75 Å². The van der Waals surface area contributed by atoms with Gasteiger partial charge >= 0.3 is 0 Å². The maximum atomic E-state index is 13.6. The van der Waals surface area contributed by atoms with Gasteiger partial charge in [0.2, 0.25) is 0 Å². The van der Waals surface area contributed by atoms with E-state index >= 15 is 0 Å². The molecular formula is C27H18BrF2N3O4S. The quantitative estimate of drug-likeness (QED) is 0.197. The Balaban J connectivity index is 1.49. The third-order valence-corrected chi connectivity index (χ3v) is 7.16. The van der Waals surface area contributed by atoms with Crippen molar-refractivity contribution in [2.45, 2.75) is 13.0 Å². The van der Waals surface area contributed by atoms with E-state index in [2.05, 4.69) is 26.2 Å². The summed E-state index contributed by atoms with van der Waals surface area (Å²) in [6, 6.07) is 20.3. The number of halogens is 3. The molecule has 0 aliphatic carbocycles. The molecule has 0 spiro atoms. The van der Waals surface area contributed by atoms with Gasteiger partial charge in [-0.15, -0.1) is 11.3 Å². The highest BCUT2D eigenvalue weighted by Crippen LogP contribution is 2.42. The van der Waals surface area contributed by atoms with Crippen LogP contribution in [-0.2, 0) is 6.61 Å². The van der Waals surface area contributed by atoms with Crippen molar-refractivity contribution in [2.75, 3.05) is 5.32 Å². The molecule has 2 amide bonds. The van der Waals surface area contributed by atoms with Crippen molar-refractivity contribution in [1.82, 2.24) is 4.98 Å². The number of aromatic nitrogens is 1. The second kappa shape index (κ2) is 10.7. The smallest absolute Gasteiger partial charge is 0.291 e. The Morgan fingerprint density at radius 1 is 1.08 bits per heavy atom. The van der Waals surface area contributed by atoms with Gasteiger partial charge in [-0.2, -0.15) is 0 Å². The van der Waals surface area contributed by atoms with Crippen LogP contribution >= 0.6 is 27.3 Å². The van der Waals surface area contributed by atoms with E-state index in [-0.39, 0.29) is 27.8 Å². The van der Waals surface area contributed by atoms with Gasteiger partial charge in [0.25, 0.3) is 18.2 Å². The summed E-state index contributed by atoms with van der Waals surface area (Å²) in [6.45, 7) is 0.0846. The van der Waals surface area contributed by atoms with Gasteiger partial charge in [0, 0.05) is 9.86 Å². The summed E-state index contributed by atoms with van der Waals surface area (Å²) in [4.78, 5) is 29.6. The number of primary amides is 1. The molecule has 11 heteroatoms. The van der Waals surface area contributed by atoms with Gasteiger partial charge in [-0.25, -0.2) is 13.8 Å². The zero-order valence-electron chi connectivity index (χ0n) is 19.4. The Bertz CT molecular complexity index is 1640. The average molecular weight is 598 g/mol. The van der Waals surface area contributed by atoms with E-state index in [1.807, 2.05) is 12.1 Å². The Labute approximate surface area is 227 Å². The fourth-order valence-electron chi connectivity index (χ4n) is 3.81. The van der Waals surface area contributed by atoms with E-state index in [9.17, 15) is 18.4 Å². The highest BCUT2D eigenvalue weighted by molar-refractivity contribution is 9.10.